The first-order valence-electron chi connectivity index (χ1n) is 7.68. The molecular weight excluding hydrogens is 343 g/mol. The fraction of sp³-hybridized carbons (Fsp3) is 0.562. The normalized spacial score (nSPS) is 12.8. The highest BCUT2D eigenvalue weighted by Crippen LogP contribution is 2.18. The molecule has 0 radical (unpaired) electrons. The van der Waals surface area contributed by atoms with Crippen molar-refractivity contribution in [3.05, 3.63) is 35.9 Å². The predicted molar refractivity (Wildman–Crippen MR) is 82.7 cm³/mol. The molecule has 0 aliphatic rings. The minimum Gasteiger partial charge on any atom is -0.451 e. The van der Waals surface area contributed by atoms with Crippen molar-refractivity contribution in [2.45, 2.75) is 18.9 Å². The minimum atomic E-state index is -5.07. The van der Waals surface area contributed by atoms with Crippen LogP contribution in [0.15, 0.2) is 30.3 Å². The molecule has 1 rings (SSSR count). The van der Waals surface area contributed by atoms with Crippen molar-refractivity contribution in [1.29, 1.82) is 0 Å². The largest absolute Gasteiger partial charge is 0.490 e. The van der Waals surface area contributed by atoms with Gasteiger partial charge in [0.05, 0.1) is 39.6 Å². The van der Waals surface area contributed by atoms with Gasteiger partial charge in [-0.25, -0.2) is 4.79 Å². The van der Waals surface area contributed by atoms with E-state index in [9.17, 15) is 18.0 Å². The standard InChI is InChI=1S/C16H22F3NO5/c17-16(18,19)15(21)25-14(11-23-9-8-22-7-6-20)12-24-10-13-4-2-1-3-5-13/h1-5,14H,6-12,20H2/t14-/m0/s1. The van der Waals surface area contributed by atoms with Crippen LogP contribution in [0.5, 0.6) is 0 Å². The van der Waals surface area contributed by atoms with Gasteiger partial charge in [0.25, 0.3) is 0 Å². The molecule has 0 bridgehead atoms. The summed E-state index contributed by atoms with van der Waals surface area (Å²) in [6, 6.07) is 9.07. The summed E-state index contributed by atoms with van der Waals surface area (Å²) in [6.07, 6.45) is -6.24. The molecule has 1 aromatic rings. The Kier molecular flexibility index (Phi) is 10.1. The Morgan fingerprint density at radius 3 is 2.28 bits per heavy atom. The van der Waals surface area contributed by atoms with Gasteiger partial charge >= 0.3 is 12.1 Å². The SMILES string of the molecule is NCCOCCOC[C@@H](COCc1ccccc1)OC(=O)C(F)(F)F. The predicted octanol–water partition coefficient (Wildman–Crippen LogP) is 1.67. The average molecular weight is 365 g/mol. The Morgan fingerprint density at radius 2 is 1.64 bits per heavy atom. The molecule has 0 aliphatic heterocycles. The summed E-state index contributed by atoms with van der Waals surface area (Å²) in [5, 5.41) is 0. The van der Waals surface area contributed by atoms with Gasteiger partial charge in [0.2, 0.25) is 0 Å². The van der Waals surface area contributed by atoms with Gasteiger partial charge in [-0.1, -0.05) is 30.3 Å². The van der Waals surface area contributed by atoms with Crippen LogP contribution in [0, 0.1) is 0 Å². The van der Waals surface area contributed by atoms with Crippen molar-refractivity contribution in [3.8, 4) is 0 Å². The quantitative estimate of drug-likeness (QED) is 0.448. The van der Waals surface area contributed by atoms with Gasteiger partial charge in [0, 0.05) is 6.54 Å². The van der Waals surface area contributed by atoms with Crippen LogP contribution in [0.25, 0.3) is 0 Å². The van der Waals surface area contributed by atoms with Gasteiger partial charge in [0.15, 0.2) is 0 Å². The van der Waals surface area contributed by atoms with Crippen LogP contribution in [0.3, 0.4) is 0 Å². The minimum absolute atomic E-state index is 0.138. The Hall–Kier alpha value is -1.68. The molecule has 142 valence electrons. The van der Waals surface area contributed by atoms with Crippen LogP contribution in [0.4, 0.5) is 13.2 Å². The lowest BCUT2D eigenvalue weighted by Crippen LogP contribution is -2.35. The second-order valence-corrected chi connectivity index (χ2v) is 5.00. The number of hydrogen-bond acceptors (Lipinski definition) is 6. The van der Waals surface area contributed by atoms with E-state index in [1.54, 1.807) is 0 Å². The summed E-state index contributed by atoms with van der Waals surface area (Å²) in [5.41, 5.74) is 6.09. The summed E-state index contributed by atoms with van der Waals surface area (Å²) in [6.45, 7) is 0.819. The maximum Gasteiger partial charge on any atom is 0.490 e. The van der Waals surface area contributed by atoms with Gasteiger partial charge in [-0.2, -0.15) is 13.2 Å². The zero-order valence-corrected chi connectivity index (χ0v) is 13.7. The summed E-state index contributed by atoms with van der Waals surface area (Å²) in [7, 11) is 0. The van der Waals surface area contributed by atoms with Crippen molar-refractivity contribution in [3.63, 3.8) is 0 Å². The number of rotatable bonds is 12. The highest BCUT2D eigenvalue weighted by Gasteiger charge is 2.42. The van der Waals surface area contributed by atoms with E-state index in [1.165, 1.54) is 0 Å². The van der Waals surface area contributed by atoms with Gasteiger partial charge in [0.1, 0.15) is 6.10 Å². The fourth-order valence-corrected chi connectivity index (χ4v) is 1.73. The molecule has 0 aromatic heterocycles. The summed E-state index contributed by atoms with van der Waals surface area (Å²) >= 11 is 0. The second kappa shape index (κ2) is 11.8. The van der Waals surface area contributed by atoms with Gasteiger partial charge in [-0.3, -0.25) is 0 Å². The van der Waals surface area contributed by atoms with Crippen molar-refractivity contribution >= 4 is 5.97 Å². The van der Waals surface area contributed by atoms with Crippen molar-refractivity contribution in [1.82, 2.24) is 0 Å². The number of ether oxygens (including phenoxy) is 4. The smallest absolute Gasteiger partial charge is 0.451 e. The fourth-order valence-electron chi connectivity index (χ4n) is 1.73. The number of hydrogen-bond donors (Lipinski definition) is 1. The number of carbonyl (C=O) groups is 1. The number of benzene rings is 1. The number of halogens is 3. The highest BCUT2D eigenvalue weighted by molar-refractivity contribution is 5.75. The highest BCUT2D eigenvalue weighted by atomic mass is 19.4. The molecular formula is C16H22F3NO5. The lowest BCUT2D eigenvalue weighted by atomic mass is 10.2. The number of carbonyl (C=O) groups excluding carboxylic acids is 1. The maximum atomic E-state index is 12.3. The van der Waals surface area contributed by atoms with Gasteiger partial charge in [-0.15, -0.1) is 0 Å². The lowest BCUT2D eigenvalue weighted by molar-refractivity contribution is -0.209. The van der Waals surface area contributed by atoms with E-state index in [4.69, 9.17) is 19.9 Å². The second-order valence-electron chi connectivity index (χ2n) is 5.00. The molecule has 0 unspecified atom stereocenters. The van der Waals surface area contributed by atoms with E-state index < -0.39 is 18.2 Å². The van der Waals surface area contributed by atoms with Crippen molar-refractivity contribution in [2.75, 3.05) is 39.6 Å². The third-order valence-corrected chi connectivity index (χ3v) is 2.86. The first kappa shape index (κ1) is 21.4. The molecule has 0 spiro atoms. The Bertz CT molecular complexity index is 484. The summed E-state index contributed by atoms with van der Waals surface area (Å²) < 4.78 is 57.0. The zero-order chi connectivity index (χ0) is 18.5. The summed E-state index contributed by atoms with van der Waals surface area (Å²) in [5.74, 6) is -2.27. The van der Waals surface area contributed by atoms with Crippen LogP contribution >= 0.6 is 0 Å². The number of alkyl halides is 3. The van der Waals surface area contributed by atoms with E-state index in [0.717, 1.165) is 5.56 Å². The Balaban J connectivity index is 2.39. The topological polar surface area (TPSA) is 80.0 Å². The Morgan fingerprint density at radius 1 is 1.00 bits per heavy atom. The van der Waals surface area contributed by atoms with E-state index in [2.05, 4.69) is 4.74 Å². The Labute approximate surface area is 144 Å². The monoisotopic (exact) mass is 365 g/mol. The van der Waals surface area contributed by atoms with E-state index in [0.29, 0.717) is 13.2 Å². The average Bonchev–Trinajstić information content (AvgIpc) is 2.57. The third-order valence-electron chi connectivity index (χ3n) is 2.86. The molecule has 0 saturated carbocycles. The van der Waals surface area contributed by atoms with E-state index in [1.807, 2.05) is 30.3 Å². The molecule has 0 aliphatic carbocycles. The van der Waals surface area contributed by atoms with E-state index >= 15 is 0 Å². The maximum absolute atomic E-state index is 12.3. The van der Waals surface area contributed by atoms with Gasteiger partial charge < -0.3 is 24.7 Å². The molecule has 6 nitrogen and oxygen atoms in total. The van der Waals surface area contributed by atoms with Crippen molar-refractivity contribution in [2.24, 2.45) is 5.73 Å². The molecule has 0 heterocycles. The first-order chi connectivity index (χ1) is 11.9. The molecule has 1 aromatic carbocycles. The molecule has 2 N–H and O–H groups in total. The lowest BCUT2D eigenvalue weighted by Gasteiger charge is -2.19. The van der Waals surface area contributed by atoms with Crippen LogP contribution in [0.1, 0.15) is 5.56 Å². The molecule has 0 saturated heterocycles. The van der Waals surface area contributed by atoms with Crippen LogP contribution in [0.2, 0.25) is 0 Å². The van der Waals surface area contributed by atoms with Gasteiger partial charge in [-0.05, 0) is 5.56 Å². The third kappa shape index (κ3) is 10.0. The van der Waals surface area contributed by atoms with E-state index in [-0.39, 0.29) is 33.0 Å². The summed E-state index contributed by atoms with van der Waals surface area (Å²) in [4.78, 5) is 11.0. The molecule has 1 atom stereocenters. The zero-order valence-electron chi connectivity index (χ0n) is 13.7. The molecule has 0 fully saturated rings. The van der Waals surface area contributed by atoms with Crippen LogP contribution in [-0.2, 0) is 30.3 Å². The molecule has 25 heavy (non-hydrogen) atoms. The van der Waals surface area contributed by atoms with Crippen LogP contribution in [-0.4, -0.2) is 57.8 Å². The molecule has 9 heteroatoms. The number of nitrogens with two attached hydrogens (primary N) is 1. The first-order valence-corrected chi connectivity index (χ1v) is 7.68. The van der Waals surface area contributed by atoms with Crippen LogP contribution < -0.4 is 5.73 Å². The number of esters is 1. The van der Waals surface area contributed by atoms with Crippen molar-refractivity contribution < 1.29 is 36.9 Å². The molecule has 0 amide bonds.